The molecule has 0 N–H and O–H groups in total. The van der Waals surface area contributed by atoms with E-state index in [4.69, 9.17) is 0 Å². The number of nitrogens with zero attached hydrogens (tertiary/aromatic N) is 2. The van der Waals surface area contributed by atoms with Crippen molar-refractivity contribution >= 4 is 5.91 Å². The summed E-state index contributed by atoms with van der Waals surface area (Å²) in [5.41, 5.74) is -0.159. The maximum absolute atomic E-state index is 13.2. The zero-order valence-electron chi connectivity index (χ0n) is 11.7. The van der Waals surface area contributed by atoms with Gasteiger partial charge in [-0.25, -0.2) is 13.2 Å². The largest absolute Gasteiger partial charge is 0.337 e. The first-order valence-electron chi connectivity index (χ1n) is 6.41. The van der Waals surface area contributed by atoms with Gasteiger partial charge in [-0.2, -0.15) is 0 Å². The molecule has 0 saturated carbocycles. The van der Waals surface area contributed by atoms with E-state index in [1.165, 1.54) is 0 Å². The van der Waals surface area contributed by atoms with Crippen LogP contribution >= 0.6 is 0 Å². The van der Waals surface area contributed by atoms with Crippen LogP contribution < -0.4 is 0 Å². The number of likely N-dealkylation sites (tertiary alicyclic amines) is 1. The van der Waals surface area contributed by atoms with Gasteiger partial charge in [-0.05, 0) is 32.1 Å². The molecular formula is C14H17F3N2O. The zero-order chi connectivity index (χ0) is 15.0. The van der Waals surface area contributed by atoms with Crippen LogP contribution in [0.5, 0.6) is 0 Å². The highest BCUT2D eigenvalue weighted by atomic mass is 19.2. The second kappa shape index (κ2) is 5.44. The summed E-state index contributed by atoms with van der Waals surface area (Å²) in [6.45, 7) is 3.03. The van der Waals surface area contributed by atoms with Crippen LogP contribution in [-0.4, -0.2) is 48.9 Å². The number of carbonyl (C=O) groups is 1. The predicted molar refractivity (Wildman–Crippen MR) is 68.9 cm³/mol. The van der Waals surface area contributed by atoms with E-state index in [1.54, 1.807) is 4.90 Å². The summed E-state index contributed by atoms with van der Waals surface area (Å²) >= 11 is 0. The lowest BCUT2D eigenvalue weighted by atomic mass is 10.1. The van der Waals surface area contributed by atoms with E-state index in [0.717, 1.165) is 12.1 Å². The second-order valence-electron chi connectivity index (χ2n) is 5.47. The molecule has 2 rings (SSSR count). The van der Waals surface area contributed by atoms with Crippen LogP contribution in [0.15, 0.2) is 12.1 Å². The minimum atomic E-state index is -1.55. The normalized spacial score (nSPS) is 22.6. The van der Waals surface area contributed by atoms with Crippen LogP contribution in [0.25, 0.3) is 0 Å². The third-order valence-corrected chi connectivity index (χ3v) is 3.75. The molecule has 1 heterocycles. The summed E-state index contributed by atoms with van der Waals surface area (Å²) in [5.74, 6) is -4.44. The van der Waals surface area contributed by atoms with Gasteiger partial charge in [-0.1, -0.05) is 6.92 Å². The van der Waals surface area contributed by atoms with Crippen LogP contribution in [0.4, 0.5) is 13.2 Å². The molecule has 0 radical (unpaired) electrons. The fourth-order valence-corrected chi connectivity index (χ4v) is 2.65. The van der Waals surface area contributed by atoms with Gasteiger partial charge in [0.05, 0.1) is 0 Å². The van der Waals surface area contributed by atoms with Crippen LogP contribution in [0.3, 0.4) is 0 Å². The lowest BCUT2D eigenvalue weighted by molar-refractivity contribution is 0.0780. The van der Waals surface area contributed by atoms with Crippen LogP contribution in [0.2, 0.25) is 0 Å². The van der Waals surface area contributed by atoms with Crippen LogP contribution in [0, 0.1) is 23.4 Å². The molecule has 1 fully saturated rings. The molecule has 110 valence electrons. The van der Waals surface area contributed by atoms with E-state index >= 15 is 0 Å². The van der Waals surface area contributed by atoms with Crippen molar-refractivity contribution in [2.24, 2.45) is 5.92 Å². The molecular weight excluding hydrogens is 269 g/mol. The molecule has 0 spiro atoms. The van der Waals surface area contributed by atoms with E-state index in [1.807, 2.05) is 25.9 Å². The summed E-state index contributed by atoms with van der Waals surface area (Å²) in [6.07, 6.45) is 0. The Kier molecular flexibility index (Phi) is 4.04. The Morgan fingerprint density at radius 3 is 2.20 bits per heavy atom. The summed E-state index contributed by atoms with van der Waals surface area (Å²) in [6, 6.07) is 1.69. The lowest BCUT2D eigenvalue weighted by Gasteiger charge is -2.22. The highest BCUT2D eigenvalue weighted by Crippen LogP contribution is 2.23. The third kappa shape index (κ3) is 2.65. The van der Waals surface area contributed by atoms with Gasteiger partial charge in [-0.15, -0.1) is 0 Å². The Bertz CT molecular complexity index is 510. The second-order valence-corrected chi connectivity index (χ2v) is 5.47. The topological polar surface area (TPSA) is 23.6 Å². The highest BCUT2D eigenvalue weighted by molar-refractivity contribution is 5.94. The highest BCUT2D eigenvalue weighted by Gasteiger charge is 2.34. The molecule has 1 amide bonds. The summed E-state index contributed by atoms with van der Waals surface area (Å²) in [4.78, 5) is 15.8. The van der Waals surface area contributed by atoms with Gasteiger partial charge in [0.15, 0.2) is 17.5 Å². The Balaban J connectivity index is 2.21. The molecule has 1 aromatic rings. The Morgan fingerprint density at radius 1 is 1.20 bits per heavy atom. The standard InChI is InChI=1S/C14H17F3N2O/c1-8-6-19(7-12(8)18(2)3)14(20)9-4-10(15)13(17)11(16)5-9/h4-5,8,12H,6-7H2,1-3H3. The minimum Gasteiger partial charge on any atom is -0.337 e. The zero-order valence-corrected chi connectivity index (χ0v) is 11.7. The minimum absolute atomic E-state index is 0.159. The first kappa shape index (κ1) is 14.8. The van der Waals surface area contributed by atoms with Crippen LogP contribution in [0.1, 0.15) is 17.3 Å². The van der Waals surface area contributed by atoms with Crippen molar-refractivity contribution in [1.29, 1.82) is 0 Å². The molecule has 1 aromatic carbocycles. The Labute approximate surface area is 116 Å². The maximum Gasteiger partial charge on any atom is 0.254 e. The van der Waals surface area contributed by atoms with Gasteiger partial charge < -0.3 is 9.80 Å². The van der Waals surface area contributed by atoms with Gasteiger partial charge in [0.25, 0.3) is 5.91 Å². The molecule has 6 heteroatoms. The number of benzene rings is 1. The van der Waals surface area contributed by atoms with Gasteiger partial charge in [-0.3, -0.25) is 4.79 Å². The fourth-order valence-electron chi connectivity index (χ4n) is 2.65. The monoisotopic (exact) mass is 286 g/mol. The number of hydrogen-bond donors (Lipinski definition) is 0. The fraction of sp³-hybridized carbons (Fsp3) is 0.500. The number of amides is 1. The number of rotatable bonds is 2. The average Bonchev–Trinajstić information content (AvgIpc) is 2.76. The molecule has 1 aliphatic heterocycles. The summed E-state index contributed by atoms with van der Waals surface area (Å²) in [7, 11) is 3.85. The number of halogens is 3. The molecule has 1 saturated heterocycles. The van der Waals surface area contributed by atoms with Crippen molar-refractivity contribution in [1.82, 2.24) is 9.80 Å². The molecule has 0 aliphatic carbocycles. The van der Waals surface area contributed by atoms with Crippen molar-refractivity contribution in [2.45, 2.75) is 13.0 Å². The van der Waals surface area contributed by atoms with Crippen molar-refractivity contribution in [3.8, 4) is 0 Å². The van der Waals surface area contributed by atoms with E-state index in [0.29, 0.717) is 13.1 Å². The smallest absolute Gasteiger partial charge is 0.254 e. The van der Waals surface area contributed by atoms with E-state index < -0.39 is 23.4 Å². The van der Waals surface area contributed by atoms with E-state index in [9.17, 15) is 18.0 Å². The van der Waals surface area contributed by atoms with Gasteiger partial charge in [0.2, 0.25) is 0 Å². The van der Waals surface area contributed by atoms with Gasteiger partial charge in [0, 0.05) is 24.7 Å². The Hall–Kier alpha value is -1.56. The first-order valence-corrected chi connectivity index (χ1v) is 6.41. The lowest BCUT2D eigenvalue weighted by Crippen LogP contribution is -2.35. The van der Waals surface area contributed by atoms with Crippen molar-refractivity contribution in [3.05, 3.63) is 35.1 Å². The molecule has 0 bridgehead atoms. The average molecular weight is 286 g/mol. The quantitative estimate of drug-likeness (QED) is 0.778. The number of hydrogen-bond acceptors (Lipinski definition) is 2. The van der Waals surface area contributed by atoms with Crippen LogP contribution in [-0.2, 0) is 0 Å². The summed E-state index contributed by atoms with van der Waals surface area (Å²) < 4.78 is 39.2. The van der Waals surface area contributed by atoms with E-state index in [2.05, 4.69) is 0 Å². The van der Waals surface area contributed by atoms with Crippen molar-refractivity contribution in [3.63, 3.8) is 0 Å². The van der Waals surface area contributed by atoms with Crippen molar-refractivity contribution < 1.29 is 18.0 Å². The maximum atomic E-state index is 13.2. The molecule has 1 aliphatic rings. The molecule has 20 heavy (non-hydrogen) atoms. The van der Waals surface area contributed by atoms with Gasteiger partial charge >= 0.3 is 0 Å². The third-order valence-electron chi connectivity index (χ3n) is 3.75. The molecule has 3 nitrogen and oxygen atoms in total. The van der Waals surface area contributed by atoms with Gasteiger partial charge in [0.1, 0.15) is 0 Å². The molecule has 2 unspecified atom stereocenters. The summed E-state index contributed by atoms with van der Waals surface area (Å²) in [5, 5.41) is 0. The SMILES string of the molecule is CC1CN(C(=O)c2cc(F)c(F)c(F)c2)CC1N(C)C. The molecule has 0 aromatic heterocycles. The Morgan fingerprint density at radius 2 is 1.75 bits per heavy atom. The number of carbonyl (C=O) groups excluding carboxylic acids is 1. The molecule has 2 atom stereocenters. The predicted octanol–water partition coefficient (Wildman–Crippen LogP) is 2.13. The van der Waals surface area contributed by atoms with Crippen molar-refractivity contribution in [2.75, 3.05) is 27.2 Å². The number of likely N-dealkylation sites (N-methyl/N-ethyl adjacent to an activating group) is 1. The van der Waals surface area contributed by atoms with E-state index in [-0.39, 0.29) is 17.5 Å². The first-order chi connectivity index (χ1) is 9.31.